The number of thiophene rings is 1. The molecule has 1 fully saturated rings. The molecule has 0 spiro atoms. The summed E-state index contributed by atoms with van der Waals surface area (Å²) in [7, 11) is 0. The van der Waals surface area contributed by atoms with Crippen LogP contribution in [-0.4, -0.2) is 30.4 Å². The van der Waals surface area contributed by atoms with E-state index in [-0.39, 0.29) is 11.9 Å². The summed E-state index contributed by atoms with van der Waals surface area (Å²) >= 11 is 1.69. The molecule has 0 aromatic carbocycles. The molecule has 100 valence electrons. The van der Waals surface area contributed by atoms with Crippen molar-refractivity contribution in [1.29, 1.82) is 0 Å². The van der Waals surface area contributed by atoms with E-state index in [9.17, 15) is 4.79 Å². The maximum Gasteiger partial charge on any atom is 0.234 e. The minimum absolute atomic E-state index is 0.126. The molecule has 0 saturated carbocycles. The van der Waals surface area contributed by atoms with Crippen LogP contribution in [0.5, 0.6) is 0 Å². The van der Waals surface area contributed by atoms with Crippen LogP contribution in [0.1, 0.15) is 37.6 Å². The Hall–Kier alpha value is -0.870. The molecule has 0 radical (unpaired) electrons. The van der Waals surface area contributed by atoms with E-state index < -0.39 is 0 Å². The van der Waals surface area contributed by atoms with Gasteiger partial charge in [-0.2, -0.15) is 0 Å². The van der Waals surface area contributed by atoms with Gasteiger partial charge in [0, 0.05) is 4.88 Å². The monoisotopic (exact) mass is 266 g/mol. The Morgan fingerprint density at radius 3 is 2.89 bits per heavy atom. The molecule has 1 N–H and O–H groups in total. The molecule has 1 atom stereocenters. The molecule has 1 aliphatic heterocycles. The van der Waals surface area contributed by atoms with Gasteiger partial charge < -0.3 is 5.32 Å². The SMILES string of the molecule is CC1CCN(CC(=O)NC(C)c2cccs2)CC1. The van der Waals surface area contributed by atoms with Crippen LogP contribution in [0.2, 0.25) is 0 Å². The average molecular weight is 266 g/mol. The summed E-state index contributed by atoms with van der Waals surface area (Å²) in [5.74, 6) is 0.958. The van der Waals surface area contributed by atoms with E-state index in [1.54, 1.807) is 11.3 Å². The van der Waals surface area contributed by atoms with Gasteiger partial charge >= 0.3 is 0 Å². The van der Waals surface area contributed by atoms with Gasteiger partial charge in [0.2, 0.25) is 5.91 Å². The van der Waals surface area contributed by atoms with Crippen molar-refractivity contribution >= 4 is 17.2 Å². The number of hydrogen-bond donors (Lipinski definition) is 1. The van der Waals surface area contributed by atoms with E-state index in [2.05, 4.69) is 23.2 Å². The van der Waals surface area contributed by atoms with Gasteiger partial charge in [-0.15, -0.1) is 11.3 Å². The summed E-state index contributed by atoms with van der Waals surface area (Å²) in [6, 6.07) is 4.22. The number of carbonyl (C=O) groups is 1. The van der Waals surface area contributed by atoms with Crippen LogP contribution in [0.15, 0.2) is 17.5 Å². The highest BCUT2D eigenvalue weighted by Gasteiger charge is 2.19. The molecule has 1 aromatic rings. The highest BCUT2D eigenvalue weighted by Crippen LogP contribution is 2.18. The lowest BCUT2D eigenvalue weighted by Crippen LogP contribution is -2.41. The number of nitrogens with zero attached hydrogens (tertiary/aromatic N) is 1. The summed E-state index contributed by atoms with van der Waals surface area (Å²) in [6.07, 6.45) is 2.43. The van der Waals surface area contributed by atoms with Gasteiger partial charge in [0.05, 0.1) is 12.6 Å². The number of piperidine rings is 1. The van der Waals surface area contributed by atoms with Crippen molar-refractivity contribution in [3.8, 4) is 0 Å². The van der Waals surface area contributed by atoms with Gasteiger partial charge in [-0.1, -0.05) is 13.0 Å². The molecule has 1 aromatic heterocycles. The Bertz CT molecular complexity index is 369. The van der Waals surface area contributed by atoms with E-state index in [4.69, 9.17) is 0 Å². The first-order valence-corrected chi connectivity index (χ1v) is 7.58. The molecule has 3 nitrogen and oxygen atoms in total. The van der Waals surface area contributed by atoms with Gasteiger partial charge in [-0.25, -0.2) is 0 Å². The van der Waals surface area contributed by atoms with Crippen LogP contribution in [0.4, 0.5) is 0 Å². The molecule has 1 amide bonds. The minimum Gasteiger partial charge on any atom is -0.348 e. The fourth-order valence-electron chi connectivity index (χ4n) is 2.32. The number of carbonyl (C=O) groups excluding carboxylic acids is 1. The van der Waals surface area contributed by atoms with Crippen molar-refractivity contribution in [2.24, 2.45) is 5.92 Å². The highest BCUT2D eigenvalue weighted by molar-refractivity contribution is 7.10. The lowest BCUT2D eigenvalue weighted by molar-refractivity contribution is -0.123. The molecule has 1 aliphatic rings. The predicted octanol–water partition coefficient (Wildman–Crippen LogP) is 2.66. The summed E-state index contributed by atoms with van der Waals surface area (Å²) in [5.41, 5.74) is 0. The summed E-state index contributed by atoms with van der Waals surface area (Å²) in [5, 5.41) is 5.12. The first-order valence-electron chi connectivity index (χ1n) is 6.70. The third-order valence-corrected chi connectivity index (χ3v) is 4.65. The van der Waals surface area contributed by atoms with E-state index in [1.807, 2.05) is 18.4 Å². The lowest BCUT2D eigenvalue weighted by atomic mass is 9.99. The standard InChI is InChI=1S/C14H22N2OS/c1-11-5-7-16(8-6-11)10-14(17)15-12(2)13-4-3-9-18-13/h3-4,9,11-12H,5-8,10H2,1-2H3,(H,15,17). The average Bonchev–Trinajstić information content (AvgIpc) is 2.85. The molecule has 0 bridgehead atoms. The maximum absolute atomic E-state index is 12.0. The Labute approximate surface area is 113 Å². The molecule has 1 unspecified atom stereocenters. The second-order valence-corrected chi connectivity index (χ2v) is 6.24. The van der Waals surface area contributed by atoms with Gasteiger partial charge in [0.15, 0.2) is 0 Å². The maximum atomic E-state index is 12.0. The van der Waals surface area contributed by atoms with Gasteiger partial charge in [-0.3, -0.25) is 9.69 Å². The highest BCUT2D eigenvalue weighted by atomic mass is 32.1. The summed E-state index contributed by atoms with van der Waals surface area (Å²) < 4.78 is 0. The first kappa shape index (κ1) is 13.6. The number of nitrogens with one attached hydrogen (secondary N) is 1. The number of hydrogen-bond acceptors (Lipinski definition) is 3. The van der Waals surface area contributed by atoms with Crippen LogP contribution in [0, 0.1) is 5.92 Å². The van der Waals surface area contributed by atoms with Crippen LogP contribution >= 0.6 is 11.3 Å². The second kappa shape index (κ2) is 6.34. The number of amides is 1. The van der Waals surface area contributed by atoms with Gasteiger partial charge in [0.25, 0.3) is 0 Å². The Kier molecular flexibility index (Phi) is 4.78. The topological polar surface area (TPSA) is 32.3 Å². The second-order valence-electron chi connectivity index (χ2n) is 5.26. The Morgan fingerprint density at radius 1 is 1.56 bits per heavy atom. The lowest BCUT2D eigenvalue weighted by Gasteiger charge is -2.29. The largest absolute Gasteiger partial charge is 0.348 e. The van der Waals surface area contributed by atoms with Crippen molar-refractivity contribution in [2.75, 3.05) is 19.6 Å². The van der Waals surface area contributed by atoms with E-state index in [0.717, 1.165) is 19.0 Å². The number of likely N-dealkylation sites (tertiary alicyclic amines) is 1. The quantitative estimate of drug-likeness (QED) is 0.908. The fourth-order valence-corrected chi connectivity index (χ4v) is 3.05. The predicted molar refractivity (Wildman–Crippen MR) is 75.7 cm³/mol. The Balaban J connectivity index is 1.75. The zero-order valence-corrected chi connectivity index (χ0v) is 12.0. The molecule has 2 rings (SSSR count). The zero-order valence-electron chi connectivity index (χ0n) is 11.2. The first-order chi connectivity index (χ1) is 8.65. The van der Waals surface area contributed by atoms with Gasteiger partial charge in [0.1, 0.15) is 0 Å². The van der Waals surface area contributed by atoms with Crippen molar-refractivity contribution in [3.63, 3.8) is 0 Å². The summed E-state index contributed by atoms with van der Waals surface area (Å²) in [6.45, 7) is 6.99. The molecule has 4 heteroatoms. The smallest absolute Gasteiger partial charge is 0.234 e. The van der Waals surface area contributed by atoms with Crippen LogP contribution < -0.4 is 5.32 Å². The third kappa shape index (κ3) is 3.82. The van der Waals surface area contributed by atoms with Crippen molar-refractivity contribution in [2.45, 2.75) is 32.7 Å². The minimum atomic E-state index is 0.126. The van der Waals surface area contributed by atoms with Crippen LogP contribution in [0.25, 0.3) is 0 Å². The molecule has 18 heavy (non-hydrogen) atoms. The Morgan fingerprint density at radius 2 is 2.28 bits per heavy atom. The number of rotatable bonds is 4. The van der Waals surface area contributed by atoms with E-state index in [0.29, 0.717) is 6.54 Å². The molecular weight excluding hydrogens is 244 g/mol. The van der Waals surface area contributed by atoms with Crippen molar-refractivity contribution in [3.05, 3.63) is 22.4 Å². The van der Waals surface area contributed by atoms with Crippen molar-refractivity contribution < 1.29 is 4.79 Å². The molecule has 2 heterocycles. The molecule has 0 aliphatic carbocycles. The zero-order chi connectivity index (χ0) is 13.0. The molecular formula is C14H22N2OS. The van der Waals surface area contributed by atoms with E-state index in [1.165, 1.54) is 17.7 Å². The fraction of sp³-hybridized carbons (Fsp3) is 0.643. The van der Waals surface area contributed by atoms with E-state index >= 15 is 0 Å². The van der Waals surface area contributed by atoms with Crippen molar-refractivity contribution in [1.82, 2.24) is 10.2 Å². The normalized spacial score (nSPS) is 19.7. The van der Waals surface area contributed by atoms with Crippen LogP contribution in [0.3, 0.4) is 0 Å². The van der Waals surface area contributed by atoms with Crippen LogP contribution in [-0.2, 0) is 4.79 Å². The third-order valence-electron chi connectivity index (χ3n) is 3.59. The van der Waals surface area contributed by atoms with Gasteiger partial charge in [-0.05, 0) is 50.2 Å². The summed E-state index contributed by atoms with van der Waals surface area (Å²) in [4.78, 5) is 15.4. The molecule has 1 saturated heterocycles.